The molecule has 0 aliphatic carbocycles. The highest BCUT2D eigenvalue weighted by atomic mass is 16.2. The summed E-state index contributed by atoms with van der Waals surface area (Å²) in [4.78, 5) is 40.2. The lowest BCUT2D eigenvalue weighted by atomic mass is 10.0. The largest absolute Gasteiger partial charge is 0.357 e. The van der Waals surface area contributed by atoms with E-state index < -0.39 is 6.04 Å². The Kier molecular flexibility index (Phi) is 4.30. The lowest BCUT2D eigenvalue weighted by Gasteiger charge is -2.28. The molecule has 2 aliphatic heterocycles. The predicted molar refractivity (Wildman–Crippen MR) is 89.4 cm³/mol. The van der Waals surface area contributed by atoms with Crippen molar-refractivity contribution in [3.63, 3.8) is 0 Å². The SMILES string of the molecule is CNC(=O)[C@@H]1C[C@H]2CN(C(=O)c3ccc(C)cc3)C[C@H]2N1C(C)=O. The Bertz CT molecular complexity index is 671. The zero-order chi connectivity index (χ0) is 17.4. The molecule has 128 valence electrons. The van der Waals surface area contributed by atoms with Crippen LogP contribution in [0.3, 0.4) is 0 Å². The molecule has 1 N–H and O–H groups in total. The molecule has 2 heterocycles. The second kappa shape index (κ2) is 6.26. The maximum Gasteiger partial charge on any atom is 0.253 e. The lowest BCUT2D eigenvalue weighted by molar-refractivity contribution is -0.138. The van der Waals surface area contributed by atoms with Crippen LogP contribution in [-0.4, -0.2) is 59.7 Å². The number of nitrogens with one attached hydrogen (secondary N) is 1. The number of likely N-dealkylation sites (N-methyl/N-ethyl adjacent to an activating group) is 1. The molecule has 1 aromatic carbocycles. The maximum absolute atomic E-state index is 12.7. The van der Waals surface area contributed by atoms with E-state index in [2.05, 4.69) is 5.32 Å². The standard InChI is InChI=1S/C18H23N3O3/c1-11-4-6-13(7-5-11)18(24)20-9-14-8-15(17(23)19-3)21(12(2)22)16(14)10-20/h4-7,14-16H,8-10H2,1-3H3,(H,19,23)/t14-,15-,16+/m0/s1. The van der Waals surface area contributed by atoms with E-state index in [9.17, 15) is 14.4 Å². The van der Waals surface area contributed by atoms with Crippen molar-refractivity contribution in [2.75, 3.05) is 20.1 Å². The smallest absolute Gasteiger partial charge is 0.253 e. The molecule has 0 radical (unpaired) electrons. The summed E-state index contributed by atoms with van der Waals surface area (Å²) in [6.45, 7) is 4.56. The van der Waals surface area contributed by atoms with Crippen molar-refractivity contribution < 1.29 is 14.4 Å². The third-order valence-electron chi connectivity index (χ3n) is 5.12. The maximum atomic E-state index is 12.7. The molecule has 1 aromatic rings. The molecule has 2 saturated heterocycles. The van der Waals surface area contributed by atoms with Crippen molar-refractivity contribution >= 4 is 17.7 Å². The summed E-state index contributed by atoms with van der Waals surface area (Å²) in [5.74, 6) is -0.0910. The number of carbonyl (C=O) groups is 3. The third kappa shape index (κ3) is 2.77. The van der Waals surface area contributed by atoms with Gasteiger partial charge in [0.2, 0.25) is 11.8 Å². The van der Waals surface area contributed by atoms with E-state index in [4.69, 9.17) is 0 Å². The van der Waals surface area contributed by atoms with Gasteiger partial charge in [-0.2, -0.15) is 0 Å². The quantitative estimate of drug-likeness (QED) is 0.873. The summed E-state index contributed by atoms with van der Waals surface area (Å²) in [6.07, 6.45) is 0.613. The van der Waals surface area contributed by atoms with Crippen molar-refractivity contribution in [2.45, 2.75) is 32.4 Å². The first-order chi connectivity index (χ1) is 11.4. The van der Waals surface area contributed by atoms with Crippen LogP contribution in [0.15, 0.2) is 24.3 Å². The number of aryl methyl sites for hydroxylation is 1. The molecular weight excluding hydrogens is 306 g/mol. The third-order valence-corrected chi connectivity index (χ3v) is 5.12. The van der Waals surface area contributed by atoms with Gasteiger partial charge in [0.15, 0.2) is 0 Å². The van der Waals surface area contributed by atoms with Crippen LogP contribution < -0.4 is 5.32 Å². The van der Waals surface area contributed by atoms with E-state index in [0.717, 1.165) is 5.56 Å². The summed E-state index contributed by atoms with van der Waals surface area (Å²) in [7, 11) is 1.59. The highest BCUT2D eigenvalue weighted by Crippen LogP contribution is 2.36. The van der Waals surface area contributed by atoms with Crippen molar-refractivity contribution in [1.29, 1.82) is 0 Å². The van der Waals surface area contributed by atoms with E-state index in [1.807, 2.05) is 31.2 Å². The van der Waals surface area contributed by atoms with Crippen LogP contribution >= 0.6 is 0 Å². The Hall–Kier alpha value is -2.37. The number of carbonyl (C=O) groups excluding carboxylic acids is 3. The Morgan fingerprint density at radius 3 is 2.38 bits per heavy atom. The molecule has 2 aliphatic rings. The fourth-order valence-corrected chi connectivity index (χ4v) is 3.93. The number of benzene rings is 1. The molecular formula is C18H23N3O3. The molecule has 3 amide bonds. The van der Waals surface area contributed by atoms with Gasteiger partial charge in [0, 0.05) is 38.5 Å². The van der Waals surface area contributed by atoms with Gasteiger partial charge >= 0.3 is 0 Å². The number of hydrogen-bond acceptors (Lipinski definition) is 3. The van der Waals surface area contributed by atoms with Crippen LogP contribution in [0.5, 0.6) is 0 Å². The molecule has 6 heteroatoms. The minimum atomic E-state index is -0.417. The number of rotatable bonds is 2. The van der Waals surface area contributed by atoms with E-state index in [1.54, 1.807) is 16.8 Å². The monoisotopic (exact) mass is 329 g/mol. The van der Waals surface area contributed by atoms with Crippen LogP contribution in [0.25, 0.3) is 0 Å². The molecule has 2 fully saturated rings. The Balaban J connectivity index is 1.76. The predicted octanol–water partition coefficient (Wildman–Crippen LogP) is 0.802. The summed E-state index contributed by atoms with van der Waals surface area (Å²) in [6, 6.07) is 7.03. The topological polar surface area (TPSA) is 69.7 Å². The van der Waals surface area contributed by atoms with Gasteiger partial charge in [-0.3, -0.25) is 14.4 Å². The number of amides is 3. The first kappa shape index (κ1) is 16.5. The Morgan fingerprint density at radius 1 is 1.12 bits per heavy atom. The van der Waals surface area contributed by atoms with Gasteiger partial charge in [0.05, 0.1) is 6.04 Å². The van der Waals surface area contributed by atoms with Crippen molar-refractivity contribution in [3.05, 3.63) is 35.4 Å². The molecule has 0 aromatic heterocycles. The highest BCUT2D eigenvalue weighted by molar-refractivity contribution is 5.95. The van der Waals surface area contributed by atoms with Gasteiger partial charge in [-0.1, -0.05) is 17.7 Å². The molecule has 0 bridgehead atoms. The molecule has 6 nitrogen and oxygen atoms in total. The molecule has 0 unspecified atom stereocenters. The second-order valence-electron chi connectivity index (χ2n) is 6.70. The van der Waals surface area contributed by atoms with Crippen LogP contribution in [-0.2, 0) is 9.59 Å². The van der Waals surface area contributed by atoms with Crippen LogP contribution in [0.1, 0.15) is 29.3 Å². The summed E-state index contributed by atoms with van der Waals surface area (Å²) in [5.41, 5.74) is 1.78. The van der Waals surface area contributed by atoms with Crippen molar-refractivity contribution in [1.82, 2.24) is 15.1 Å². The van der Waals surface area contributed by atoms with Crippen LogP contribution in [0.2, 0.25) is 0 Å². The number of likely N-dealkylation sites (tertiary alicyclic amines) is 2. The first-order valence-corrected chi connectivity index (χ1v) is 8.28. The lowest BCUT2D eigenvalue weighted by Crippen LogP contribution is -2.49. The Labute approximate surface area is 141 Å². The summed E-state index contributed by atoms with van der Waals surface area (Å²) in [5, 5.41) is 2.63. The average Bonchev–Trinajstić information content (AvgIpc) is 3.11. The fraction of sp³-hybridized carbons (Fsp3) is 0.500. The molecule has 24 heavy (non-hydrogen) atoms. The summed E-state index contributed by atoms with van der Waals surface area (Å²) >= 11 is 0. The van der Waals surface area contributed by atoms with Gasteiger partial charge in [-0.05, 0) is 25.5 Å². The van der Waals surface area contributed by atoms with Crippen LogP contribution in [0, 0.1) is 12.8 Å². The zero-order valence-electron chi connectivity index (χ0n) is 14.3. The molecule has 0 saturated carbocycles. The zero-order valence-corrected chi connectivity index (χ0v) is 14.3. The summed E-state index contributed by atoms with van der Waals surface area (Å²) < 4.78 is 0. The second-order valence-corrected chi connectivity index (χ2v) is 6.70. The van der Waals surface area contributed by atoms with E-state index in [-0.39, 0.29) is 29.7 Å². The van der Waals surface area contributed by atoms with Crippen LogP contribution in [0.4, 0.5) is 0 Å². The van der Waals surface area contributed by atoms with Gasteiger partial charge in [-0.15, -0.1) is 0 Å². The average molecular weight is 329 g/mol. The van der Waals surface area contributed by atoms with Gasteiger partial charge < -0.3 is 15.1 Å². The number of nitrogens with zero attached hydrogens (tertiary/aromatic N) is 2. The van der Waals surface area contributed by atoms with Crippen molar-refractivity contribution in [2.24, 2.45) is 5.92 Å². The van der Waals surface area contributed by atoms with E-state index >= 15 is 0 Å². The van der Waals surface area contributed by atoms with Gasteiger partial charge in [0.1, 0.15) is 6.04 Å². The first-order valence-electron chi connectivity index (χ1n) is 8.28. The van der Waals surface area contributed by atoms with E-state index in [0.29, 0.717) is 25.1 Å². The minimum Gasteiger partial charge on any atom is -0.357 e. The van der Waals surface area contributed by atoms with Crippen molar-refractivity contribution in [3.8, 4) is 0 Å². The molecule has 0 spiro atoms. The number of hydrogen-bond donors (Lipinski definition) is 1. The normalized spacial score (nSPS) is 25.5. The fourth-order valence-electron chi connectivity index (χ4n) is 3.93. The molecule has 3 rings (SSSR count). The van der Waals surface area contributed by atoms with E-state index in [1.165, 1.54) is 6.92 Å². The minimum absolute atomic E-state index is 0.00982. The van der Waals surface area contributed by atoms with Gasteiger partial charge in [-0.25, -0.2) is 0 Å². The Morgan fingerprint density at radius 2 is 1.79 bits per heavy atom. The van der Waals surface area contributed by atoms with Gasteiger partial charge in [0.25, 0.3) is 5.91 Å². The highest BCUT2D eigenvalue weighted by Gasteiger charge is 2.50. The number of fused-ring (bicyclic) bond motifs is 1. The molecule has 3 atom stereocenters.